The highest BCUT2D eigenvalue weighted by Crippen LogP contribution is 2.28. The first kappa shape index (κ1) is 17.1. The lowest BCUT2D eigenvalue weighted by Gasteiger charge is -2.27. The van der Waals surface area contributed by atoms with E-state index in [0.29, 0.717) is 0 Å². The van der Waals surface area contributed by atoms with Gasteiger partial charge < -0.3 is 20.2 Å². The molecule has 6 heteroatoms. The standard InChI is InChI=1S/C19H24N4O2/c1-14(15-7-5-8-16(24)13-15)22(2)19(25)21-17-9-6-10-20-18(17)23-11-3-4-12-23/h5-10,13-14,24H,3-4,11-12H2,1-2H3,(H,21,25)/t14-/m1/s1. The maximum absolute atomic E-state index is 12.7. The zero-order chi connectivity index (χ0) is 17.8. The average molecular weight is 340 g/mol. The number of rotatable bonds is 4. The van der Waals surface area contributed by atoms with Crippen LogP contribution in [0.1, 0.15) is 31.4 Å². The number of nitrogens with one attached hydrogen (secondary N) is 1. The predicted octanol–water partition coefficient (Wildman–Crippen LogP) is 3.61. The lowest BCUT2D eigenvalue weighted by molar-refractivity contribution is 0.208. The van der Waals surface area contributed by atoms with Gasteiger partial charge in [0.05, 0.1) is 11.7 Å². The largest absolute Gasteiger partial charge is 0.508 e. The number of carbonyl (C=O) groups is 1. The summed E-state index contributed by atoms with van der Waals surface area (Å²) in [6.45, 7) is 3.86. The Labute approximate surface area is 148 Å². The SMILES string of the molecule is C[C@H](c1cccc(O)c1)N(C)C(=O)Nc1cccnc1N1CCCC1. The quantitative estimate of drug-likeness (QED) is 0.892. The molecule has 0 bridgehead atoms. The van der Waals surface area contributed by atoms with E-state index in [-0.39, 0.29) is 17.8 Å². The fourth-order valence-electron chi connectivity index (χ4n) is 3.06. The van der Waals surface area contributed by atoms with Crippen molar-refractivity contribution in [1.82, 2.24) is 9.88 Å². The Kier molecular flexibility index (Phi) is 5.07. The number of hydrogen-bond donors (Lipinski definition) is 2. The number of phenols is 1. The second-order valence-electron chi connectivity index (χ2n) is 6.38. The molecule has 25 heavy (non-hydrogen) atoms. The molecule has 1 aromatic heterocycles. The number of carbonyl (C=O) groups excluding carboxylic acids is 1. The van der Waals surface area contributed by atoms with Gasteiger partial charge in [0.1, 0.15) is 5.75 Å². The summed E-state index contributed by atoms with van der Waals surface area (Å²) in [5.74, 6) is 1.02. The Bertz CT molecular complexity index is 744. The zero-order valence-corrected chi connectivity index (χ0v) is 14.6. The van der Waals surface area contributed by atoms with E-state index >= 15 is 0 Å². The van der Waals surface area contributed by atoms with E-state index in [9.17, 15) is 9.90 Å². The first-order chi connectivity index (χ1) is 12.1. The molecule has 132 valence electrons. The Hall–Kier alpha value is -2.76. The van der Waals surface area contributed by atoms with Crippen LogP contribution >= 0.6 is 0 Å². The third-order valence-electron chi connectivity index (χ3n) is 4.69. The molecule has 1 aliphatic rings. The van der Waals surface area contributed by atoms with Crippen LogP contribution in [0.4, 0.5) is 16.3 Å². The van der Waals surface area contributed by atoms with E-state index < -0.39 is 0 Å². The number of aromatic nitrogens is 1. The summed E-state index contributed by atoms with van der Waals surface area (Å²) < 4.78 is 0. The van der Waals surface area contributed by atoms with Gasteiger partial charge >= 0.3 is 6.03 Å². The van der Waals surface area contributed by atoms with Gasteiger partial charge in [0, 0.05) is 26.3 Å². The number of nitrogens with zero attached hydrogens (tertiary/aromatic N) is 3. The third kappa shape index (κ3) is 3.84. The molecular weight excluding hydrogens is 316 g/mol. The minimum absolute atomic E-state index is 0.168. The van der Waals surface area contributed by atoms with E-state index in [4.69, 9.17) is 0 Å². The first-order valence-corrected chi connectivity index (χ1v) is 8.59. The number of anilines is 2. The Morgan fingerprint density at radius 3 is 2.76 bits per heavy atom. The van der Waals surface area contributed by atoms with Crippen molar-refractivity contribution in [3.63, 3.8) is 0 Å². The molecule has 1 saturated heterocycles. The van der Waals surface area contributed by atoms with Crippen molar-refractivity contribution in [2.75, 3.05) is 30.4 Å². The summed E-state index contributed by atoms with van der Waals surface area (Å²) in [6, 6.07) is 10.3. The fourth-order valence-corrected chi connectivity index (χ4v) is 3.06. The van der Waals surface area contributed by atoms with Crippen molar-refractivity contribution in [3.05, 3.63) is 48.2 Å². The number of pyridine rings is 1. The van der Waals surface area contributed by atoms with Crippen LogP contribution in [0.15, 0.2) is 42.6 Å². The maximum atomic E-state index is 12.7. The highest BCUT2D eigenvalue weighted by molar-refractivity contribution is 5.92. The summed E-state index contributed by atoms with van der Waals surface area (Å²) in [5.41, 5.74) is 1.60. The molecule has 2 aromatic rings. The summed E-state index contributed by atoms with van der Waals surface area (Å²) in [4.78, 5) is 21.0. The van der Waals surface area contributed by atoms with E-state index in [1.165, 1.54) is 0 Å². The Morgan fingerprint density at radius 1 is 1.28 bits per heavy atom. The zero-order valence-electron chi connectivity index (χ0n) is 14.6. The minimum Gasteiger partial charge on any atom is -0.508 e. The van der Waals surface area contributed by atoms with Crippen LogP contribution in [0.5, 0.6) is 5.75 Å². The van der Waals surface area contributed by atoms with Crippen LogP contribution in [0.25, 0.3) is 0 Å². The number of phenolic OH excluding ortho intramolecular Hbond substituents is 1. The molecule has 0 saturated carbocycles. The van der Waals surface area contributed by atoms with Crippen LogP contribution in [0.2, 0.25) is 0 Å². The average Bonchev–Trinajstić information content (AvgIpc) is 3.15. The molecule has 2 amide bonds. The second-order valence-corrected chi connectivity index (χ2v) is 6.38. The molecule has 6 nitrogen and oxygen atoms in total. The Balaban J connectivity index is 1.73. The molecule has 2 heterocycles. The summed E-state index contributed by atoms with van der Waals surface area (Å²) in [5, 5.41) is 12.6. The van der Waals surface area contributed by atoms with Gasteiger partial charge in [-0.25, -0.2) is 9.78 Å². The smallest absolute Gasteiger partial charge is 0.322 e. The van der Waals surface area contributed by atoms with E-state index in [1.54, 1.807) is 36.3 Å². The highest BCUT2D eigenvalue weighted by atomic mass is 16.3. The molecule has 0 unspecified atom stereocenters. The van der Waals surface area contributed by atoms with Crippen molar-refractivity contribution < 1.29 is 9.90 Å². The normalized spacial score (nSPS) is 15.0. The number of urea groups is 1. The van der Waals surface area contributed by atoms with Crippen LogP contribution in [0, 0.1) is 0 Å². The van der Waals surface area contributed by atoms with Gasteiger partial charge in [0.15, 0.2) is 5.82 Å². The molecule has 1 fully saturated rings. The monoisotopic (exact) mass is 340 g/mol. The van der Waals surface area contributed by atoms with Gasteiger partial charge in [0.2, 0.25) is 0 Å². The lowest BCUT2D eigenvalue weighted by Crippen LogP contribution is -2.34. The number of hydrogen-bond acceptors (Lipinski definition) is 4. The van der Waals surface area contributed by atoms with E-state index in [0.717, 1.165) is 43.0 Å². The van der Waals surface area contributed by atoms with Crippen molar-refractivity contribution in [2.24, 2.45) is 0 Å². The van der Waals surface area contributed by atoms with Gasteiger partial charge in [-0.1, -0.05) is 12.1 Å². The van der Waals surface area contributed by atoms with Crippen LogP contribution in [0.3, 0.4) is 0 Å². The molecule has 2 N–H and O–H groups in total. The molecule has 1 aliphatic heterocycles. The fraction of sp³-hybridized carbons (Fsp3) is 0.368. The number of benzene rings is 1. The van der Waals surface area contributed by atoms with Crippen LogP contribution in [-0.4, -0.2) is 41.2 Å². The molecule has 0 aliphatic carbocycles. The lowest BCUT2D eigenvalue weighted by atomic mass is 10.1. The number of amides is 2. The van der Waals surface area contributed by atoms with Crippen molar-refractivity contribution in [3.8, 4) is 5.75 Å². The topological polar surface area (TPSA) is 68.7 Å². The van der Waals surface area contributed by atoms with Crippen molar-refractivity contribution >= 4 is 17.5 Å². The Morgan fingerprint density at radius 2 is 2.04 bits per heavy atom. The van der Waals surface area contributed by atoms with Gasteiger partial charge in [0.25, 0.3) is 0 Å². The van der Waals surface area contributed by atoms with E-state index in [1.807, 2.05) is 25.1 Å². The van der Waals surface area contributed by atoms with Gasteiger partial charge in [-0.2, -0.15) is 0 Å². The first-order valence-electron chi connectivity index (χ1n) is 8.59. The maximum Gasteiger partial charge on any atom is 0.322 e. The summed E-state index contributed by atoms with van der Waals surface area (Å²) >= 11 is 0. The third-order valence-corrected chi connectivity index (χ3v) is 4.69. The van der Waals surface area contributed by atoms with Crippen LogP contribution in [-0.2, 0) is 0 Å². The number of aromatic hydroxyl groups is 1. The van der Waals surface area contributed by atoms with Gasteiger partial charge in [-0.05, 0) is 49.6 Å². The molecule has 1 atom stereocenters. The molecule has 3 rings (SSSR count). The van der Waals surface area contributed by atoms with Crippen LogP contribution < -0.4 is 10.2 Å². The summed E-state index contributed by atoms with van der Waals surface area (Å²) in [7, 11) is 1.75. The van der Waals surface area contributed by atoms with Gasteiger partial charge in [-0.3, -0.25) is 0 Å². The molecule has 0 radical (unpaired) electrons. The highest BCUT2D eigenvalue weighted by Gasteiger charge is 2.21. The molecular formula is C19H24N4O2. The van der Waals surface area contributed by atoms with Gasteiger partial charge in [-0.15, -0.1) is 0 Å². The minimum atomic E-state index is -0.204. The van der Waals surface area contributed by atoms with Crippen molar-refractivity contribution in [1.29, 1.82) is 0 Å². The molecule has 0 spiro atoms. The predicted molar refractivity (Wildman–Crippen MR) is 99.0 cm³/mol. The van der Waals surface area contributed by atoms with E-state index in [2.05, 4.69) is 15.2 Å². The summed E-state index contributed by atoms with van der Waals surface area (Å²) in [6.07, 6.45) is 4.05. The second kappa shape index (κ2) is 7.42. The van der Waals surface area contributed by atoms with Crippen molar-refractivity contribution in [2.45, 2.75) is 25.8 Å². The molecule has 1 aromatic carbocycles.